The number of thiophene rings is 1. The van der Waals surface area contributed by atoms with Crippen LogP contribution in [0.5, 0.6) is 0 Å². The Morgan fingerprint density at radius 3 is 1.64 bits per heavy atom. The van der Waals surface area contributed by atoms with Crippen LogP contribution < -0.4 is 0 Å². The topological polar surface area (TPSA) is 0 Å². The van der Waals surface area contributed by atoms with E-state index in [-0.39, 0.29) is 10.5 Å². The first kappa shape index (κ1) is 8.01. The molecule has 68 valence electrons. The highest BCUT2D eigenvalue weighted by molar-refractivity contribution is 7.41. The number of hydrogen-bond donors (Lipinski definition) is 0. The van der Waals surface area contributed by atoms with E-state index < -0.39 is 0 Å². The van der Waals surface area contributed by atoms with Crippen LogP contribution >= 0.6 is 10.5 Å². The number of benzene rings is 2. The standard InChI is InChI=1S/C13H11S/c1-14-12-8-4-2-6-10(12)11-7-3-5-9-13(11)14/h2-9H,1H3/q+1. The van der Waals surface area contributed by atoms with E-state index in [2.05, 4.69) is 54.8 Å². The molecule has 0 atom stereocenters. The van der Waals surface area contributed by atoms with Crippen molar-refractivity contribution in [2.45, 2.75) is 0 Å². The predicted molar refractivity (Wildman–Crippen MR) is 64.9 cm³/mol. The van der Waals surface area contributed by atoms with Crippen LogP contribution in [0.4, 0.5) is 0 Å². The van der Waals surface area contributed by atoms with Crippen LogP contribution in [0.15, 0.2) is 48.5 Å². The molecule has 0 amide bonds. The molecule has 1 aromatic heterocycles. The average Bonchev–Trinajstić information content (AvgIpc) is 2.55. The minimum absolute atomic E-state index is 0.277. The van der Waals surface area contributed by atoms with Gasteiger partial charge in [-0.2, -0.15) is 0 Å². The van der Waals surface area contributed by atoms with Crippen LogP contribution in [0.2, 0.25) is 0 Å². The molecule has 0 saturated heterocycles. The highest BCUT2D eigenvalue weighted by atomic mass is 32.2. The van der Waals surface area contributed by atoms with Crippen LogP contribution in [0.25, 0.3) is 20.2 Å². The lowest BCUT2D eigenvalue weighted by Crippen LogP contribution is -1.62. The van der Waals surface area contributed by atoms with Crippen LogP contribution in [-0.4, -0.2) is 0 Å². The van der Waals surface area contributed by atoms with E-state index in [4.69, 9.17) is 0 Å². The largest absolute Gasteiger partial charge is 0.181 e. The molecule has 0 unspecified atom stereocenters. The third-order valence-electron chi connectivity index (χ3n) is 2.72. The van der Waals surface area contributed by atoms with Gasteiger partial charge in [0.2, 0.25) is 0 Å². The number of hydrogen-bond acceptors (Lipinski definition) is 0. The Hall–Kier alpha value is -1.34. The van der Waals surface area contributed by atoms with Crippen molar-refractivity contribution in [2.75, 3.05) is 0 Å². The molecule has 0 bridgehead atoms. The zero-order chi connectivity index (χ0) is 9.54. The van der Waals surface area contributed by atoms with Crippen molar-refractivity contribution in [1.82, 2.24) is 0 Å². The zero-order valence-electron chi connectivity index (χ0n) is 8.03. The molecule has 0 N–H and O–H groups in total. The summed E-state index contributed by atoms with van der Waals surface area (Å²) in [6.07, 6.45) is 2.31. The fraction of sp³-hybridized carbons (Fsp3) is 0.0769. The van der Waals surface area contributed by atoms with Crippen LogP contribution in [0.1, 0.15) is 0 Å². The van der Waals surface area contributed by atoms with Gasteiger partial charge in [0.1, 0.15) is 6.26 Å². The molecule has 0 saturated carbocycles. The maximum absolute atomic E-state index is 2.31. The van der Waals surface area contributed by atoms with Gasteiger partial charge < -0.3 is 0 Å². The van der Waals surface area contributed by atoms with Crippen LogP contribution in [0.3, 0.4) is 0 Å². The van der Waals surface area contributed by atoms with Crippen molar-refractivity contribution in [1.29, 1.82) is 0 Å². The predicted octanol–water partition coefficient (Wildman–Crippen LogP) is 4.28. The van der Waals surface area contributed by atoms with Crippen LogP contribution in [0, 0.1) is 0 Å². The molecule has 0 aliphatic carbocycles. The van der Waals surface area contributed by atoms with Crippen molar-refractivity contribution < 1.29 is 0 Å². The monoisotopic (exact) mass is 199 g/mol. The maximum atomic E-state index is 2.31. The molecule has 1 heterocycles. The molecular weight excluding hydrogens is 188 g/mol. The minimum Gasteiger partial charge on any atom is -0.0612 e. The van der Waals surface area contributed by atoms with Gasteiger partial charge in [-0.25, -0.2) is 0 Å². The van der Waals surface area contributed by atoms with Crippen molar-refractivity contribution in [2.24, 2.45) is 6.26 Å². The Balaban J connectivity index is 2.69. The second-order valence-corrected chi connectivity index (χ2v) is 5.40. The summed E-state index contributed by atoms with van der Waals surface area (Å²) in [6.45, 7) is 0. The summed E-state index contributed by atoms with van der Waals surface area (Å²) in [4.78, 5) is 0. The highest BCUT2D eigenvalue weighted by Crippen LogP contribution is 2.40. The zero-order valence-corrected chi connectivity index (χ0v) is 8.84. The van der Waals surface area contributed by atoms with Gasteiger partial charge in [-0.15, -0.1) is 0 Å². The van der Waals surface area contributed by atoms with Gasteiger partial charge in [-0.3, -0.25) is 0 Å². The molecule has 14 heavy (non-hydrogen) atoms. The number of fused-ring (bicyclic) bond motifs is 3. The van der Waals surface area contributed by atoms with Crippen LogP contribution in [-0.2, 0) is 6.26 Å². The SMILES string of the molecule is C[s+]1c2ccccc2c2ccccc21. The average molecular weight is 199 g/mol. The lowest BCUT2D eigenvalue weighted by atomic mass is 10.2. The molecule has 0 aliphatic rings. The Morgan fingerprint density at radius 2 is 1.14 bits per heavy atom. The van der Waals surface area contributed by atoms with Crippen molar-refractivity contribution in [3.05, 3.63) is 48.5 Å². The number of rotatable bonds is 0. The second kappa shape index (κ2) is 2.82. The summed E-state index contributed by atoms with van der Waals surface area (Å²) in [7, 11) is 0.277. The lowest BCUT2D eigenvalue weighted by Gasteiger charge is -1.83. The highest BCUT2D eigenvalue weighted by Gasteiger charge is 2.15. The van der Waals surface area contributed by atoms with Crippen molar-refractivity contribution in [3.63, 3.8) is 0 Å². The van der Waals surface area contributed by atoms with Gasteiger partial charge >= 0.3 is 0 Å². The van der Waals surface area contributed by atoms with E-state index in [1.807, 2.05) is 0 Å². The Bertz CT molecular complexity index is 551. The minimum atomic E-state index is 0.277. The molecular formula is C13H11S+. The van der Waals surface area contributed by atoms with E-state index in [1.165, 1.54) is 20.2 Å². The summed E-state index contributed by atoms with van der Waals surface area (Å²) in [5.74, 6) is 0. The third kappa shape index (κ3) is 0.933. The molecule has 0 nitrogen and oxygen atoms in total. The first-order valence-corrected chi connectivity index (χ1v) is 6.35. The van der Waals surface area contributed by atoms with Crippen molar-refractivity contribution in [3.8, 4) is 0 Å². The fourth-order valence-corrected chi connectivity index (χ4v) is 3.85. The molecule has 0 fully saturated rings. The normalized spacial score (nSPS) is 11.2. The summed E-state index contributed by atoms with van der Waals surface area (Å²) in [5, 5.41) is 2.85. The Morgan fingerprint density at radius 1 is 0.714 bits per heavy atom. The lowest BCUT2D eigenvalue weighted by molar-refractivity contribution is 1.84. The molecule has 3 aromatic rings. The maximum Gasteiger partial charge on any atom is 0.181 e. The molecule has 0 spiro atoms. The smallest absolute Gasteiger partial charge is 0.0612 e. The van der Waals surface area contributed by atoms with Crippen molar-refractivity contribution >= 4 is 30.6 Å². The molecule has 2 aromatic carbocycles. The van der Waals surface area contributed by atoms with E-state index in [0.29, 0.717) is 0 Å². The van der Waals surface area contributed by atoms with Gasteiger partial charge in [0.05, 0.1) is 0 Å². The Labute approximate surface area is 85.8 Å². The first-order valence-electron chi connectivity index (χ1n) is 4.72. The van der Waals surface area contributed by atoms with E-state index in [1.54, 1.807) is 0 Å². The summed E-state index contributed by atoms with van der Waals surface area (Å²) >= 11 is 0. The summed E-state index contributed by atoms with van der Waals surface area (Å²) in [5.41, 5.74) is 0. The van der Waals surface area contributed by atoms with Gasteiger partial charge in [-0.05, 0) is 34.7 Å². The van der Waals surface area contributed by atoms with Gasteiger partial charge in [0, 0.05) is 10.8 Å². The molecule has 0 aliphatic heterocycles. The van der Waals surface area contributed by atoms with E-state index in [9.17, 15) is 0 Å². The van der Waals surface area contributed by atoms with Gasteiger partial charge in [-0.1, -0.05) is 24.3 Å². The quantitative estimate of drug-likeness (QED) is 0.474. The Kier molecular flexibility index (Phi) is 1.62. The second-order valence-electron chi connectivity index (χ2n) is 3.50. The van der Waals surface area contributed by atoms with Gasteiger partial charge in [0.25, 0.3) is 0 Å². The number of aryl methyl sites for hydroxylation is 1. The summed E-state index contributed by atoms with van der Waals surface area (Å²) in [6, 6.07) is 17.5. The van der Waals surface area contributed by atoms with E-state index in [0.717, 1.165) is 0 Å². The molecule has 1 heteroatoms. The summed E-state index contributed by atoms with van der Waals surface area (Å²) < 4.78 is 2.99. The third-order valence-corrected chi connectivity index (χ3v) is 4.76. The van der Waals surface area contributed by atoms with E-state index >= 15 is 0 Å². The van der Waals surface area contributed by atoms with Gasteiger partial charge in [0.15, 0.2) is 9.40 Å². The first-order chi connectivity index (χ1) is 6.88. The fourth-order valence-electron chi connectivity index (χ4n) is 2.03. The molecule has 3 rings (SSSR count). The molecule has 0 radical (unpaired) electrons.